The SMILES string of the molecule is CCC(C(=O)NCC(C)C)N(Cc1ccc(Cl)cc1Cl)C(=O)CN(c1ccc(C(C)(C)C)cc1)S(C)(=O)=O. The van der Waals surface area contributed by atoms with Gasteiger partial charge in [0.05, 0.1) is 11.9 Å². The lowest BCUT2D eigenvalue weighted by atomic mass is 9.87. The minimum atomic E-state index is -3.81. The molecule has 0 fully saturated rings. The Morgan fingerprint density at radius 2 is 1.63 bits per heavy atom. The summed E-state index contributed by atoms with van der Waals surface area (Å²) in [6, 6.07) is 11.2. The second-order valence-electron chi connectivity index (χ2n) is 10.9. The molecule has 210 valence electrons. The molecule has 0 saturated heterocycles. The van der Waals surface area contributed by atoms with Gasteiger partial charge >= 0.3 is 0 Å². The van der Waals surface area contributed by atoms with Crippen LogP contribution in [0.5, 0.6) is 0 Å². The summed E-state index contributed by atoms with van der Waals surface area (Å²) >= 11 is 12.5. The van der Waals surface area contributed by atoms with E-state index in [2.05, 4.69) is 26.1 Å². The molecular formula is C28H39Cl2N3O4S. The van der Waals surface area contributed by atoms with E-state index in [1.54, 1.807) is 30.3 Å². The third-order valence-corrected chi connectivity index (χ3v) is 7.85. The Kier molecular flexibility index (Phi) is 11.1. The molecule has 0 radical (unpaired) electrons. The fraction of sp³-hybridized carbons (Fsp3) is 0.500. The summed E-state index contributed by atoms with van der Waals surface area (Å²) in [5, 5.41) is 3.69. The van der Waals surface area contributed by atoms with Crippen molar-refractivity contribution in [3.8, 4) is 0 Å². The zero-order valence-electron chi connectivity index (χ0n) is 23.2. The number of hydrogen-bond acceptors (Lipinski definition) is 4. The molecule has 1 N–H and O–H groups in total. The Hall–Kier alpha value is -2.29. The number of amides is 2. The first-order chi connectivity index (χ1) is 17.5. The molecule has 38 heavy (non-hydrogen) atoms. The molecule has 0 bridgehead atoms. The summed E-state index contributed by atoms with van der Waals surface area (Å²) in [4.78, 5) is 28.3. The fourth-order valence-corrected chi connectivity index (χ4v) is 5.23. The lowest BCUT2D eigenvalue weighted by molar-refractivity contribution is -0.140. The Labute approximate surface area is 237 Å². The molecule has 2 amide bonds. The van der Waals surface area contributed by atoms with Gasteiger partial charge in [0.15, 0.2) is 0 Å². The van der Waals surface area contributed by atoms with Gasteiger partial charge in [-0.3, -0.25) is 13.9 Å². The second kappa shape index (κ2) is 13.2. The van der Waals surface area contributed by atoms with E-state index < -0.39 is 28.5 Å². The molecule has 2 rings (SSSR count). The minimum Gasteiger partial charge on any atom is -0.354 e. The molecule has 0 aromatic heterocycles. The lowest BCUT2D eigenvalue weighted by Crippen LogP contribution is -2.52. The van der Waals surface area contributed by atoms with Gasteiger partial charge in [0.1, 0.15) is 12.6 Å². The highest BCUT2D eigenvalue weighted by Gasteiger charge is 2.32. The first-order valence-corrected chi connectivity index (χ1v) is 15.2. The number of sulfonamides is 1. The Balaban J connectivity index is 2.47. The summed E-state index contributed by atoms with van der Waals surface area (Å²) in [7, 11) is -3.81. The van der Waals surface area contributed by atoms with Crippen LogP contribution in [0, 0.1) is 5.92 Å². The van der Waals surface area contributed by atoms with Crippen molar-refractivity contribution in [3.63, 3.8) is 0 Å². The van der Waals surface area contributed by atoms with Gasteiger partial charge in [0, 0.05) is 23.1 Å². The molecule has 0 aliphatic heterocycles. The molecule has 0 aliphatic carbocycles. The van der Waals surface area contributed by atoms with Crippen molar-refractivity contribution in [2.45, 2.75) is 66.0 Å². The van der Waals surface area contributed by atoms with Gasteiger partial charge in [0.25, 0.3) is 0 Å². The number of carbonyl (C=O) groups is 2. The first-order valence-electron chi connectivity index (χ1n) is 12.6. The highest BCUT2D eigenvalue weighted by atomic mass is 35.5. The third kappa shape index (κ3) is 8.89. The average Bonchev–Trinajstić information content (AvgIpc) is 2.81. The van der Waals surface area contributed by atoms with Crippen molar-refractivity contribution in [1.82, 2.24) is 10.2 Å². The maximum absolute atomic E-state index is 13.8. The van der Waals surface area contributed by atoms with Gasteiger partial charge in [-0.15, -0.1) is 0 Å². The molecule has 0 spiro atoms. The van der Waals surface area contributed by atoms with E-state index in [4.69, 9.17) is 23.2 Å². The van der Waals surface area contributed by atoms with Crippen LogP contribution in [0.15, 0.2) is 42.5 Å². The summed E-state index contributed by atoms with van der Waals surface area (Å²) in [5.41, 5.74) is 1.89. The number of benzene rings is 2. The Morgan fingerprint density at radius 1 is 1.03 bits per heavy atom. The largest absolute Gasteiger partial charge is 0.354 e. The van der Waals surface area contributed by atoms with Crippen LogP contribution in [0.3, 0.4) is 0 Å². The van der Waals surface area contributed by atoms with Crippen molar-refractivity contribution in [2.75, 3.05) is 23.7 Å². The van der Waals surface area contributed by atoms with Gasteiger partial charge in [-0.2, -0.15) is 0 Å². The Morgan fingerprint density at radius 3 is 2.11 bits per heavy atom. The van der Waals surface area contributed by atoms with E-state index in [0.717, 1.165) is 16.1 Å². The molecule has 1 unspecified atom stereocenters. The van der Waals surface area contributed by atoms with Crippen molar-refractivity contribution in [2.24, 2.45) is 5.92 Å². The van der Waals surface area contributed by atoms with Crippen LogP contribution < -0.4 is 9.62 Å². The van der Waals surface area contributed by atoms with E-state index in [9.17, 15) is 18.0 Å². The highest BCUT2D eigenvalue weighted by Crippen LogP contribution is 2.27. The van der Waals surface area contributed by atoms with Crippen molar-refractivity contribution in [1.29, 1.82) is 0 Å². The number of halogens is 2. The molecule has 10 heteroatoms. The van der Waals surface area contributed by atoms with Crippen LogP contribution in [-0.2, 0) is 31.6 Å². The molecule has 2 aromatic carbocycles. The summed E-state index contributed by atoms with van der Waals surface area (Å²) in [6.45, 7) is 12.0. The van der Waals surface area contributed by atoms with Gasteiger partial charge < -0.3 is 10.2 Å². The monoisotopic (exact) mass is 583 g/mol. The number of anilines is 1. The number of rotatable bonds is 11. The zero-order valence-corrected chi connectivity index (χ0v) is 25.5. The number of carbonyl (C=O) groups excluding carboxylic acids is 2. The normalized spacial score (nSPS) is 12.8. The van der Waals surface area contributed by atoms with E-state index >= 15 is 0 Å². The molecule has 2 aromatic rings. The average molecular weight is 585 g/mol. The van der Waals surface area contributed by atoms with Crippen molar-refractivity contribution >= 4 is 50.7 Å². The molecule has 7 nitrogen and oxygen atoms in total. The van der Waals surface area contributed by atoms with Crippen LogP contribution >= 0.6 is 23.2 Å². The summed E-state index contributed by atoms with van der Waals surface area (Å²) in [6.07, 6.45) is 1.39. The maximum atomic E-state index is 13.8. The van der Waals surface area contributed by atoms with E-state index in [1.165, 1.54) is 4.90 Å². The number of nitrogens with zero attached hydrogens (tertiary/aromatic N) is 2. The van der Waals surface area contributed by atoms with E-state index in [-0.39, 0.29) is 23.8 Å². The first kappa shape index (κ1) is 31.9. The van der Waals surface area contributed by atoms with Crippen molar-refractivity contribution in [3.05, 3.63) is 63.6 Å². The lowest BCUT2D eigenvalue weighted by Gasteiger charge is -2.33. The second-order valence-corrected chi connectivity index (χ2v) is 13.6. The van der Waals surface area contributed by atoms with Gasteiger partial charge in [-0.1, -0.05) is 82.9 Å². The van der Waals surface area contributed by atoms with Crippen LogP contribution in [0.25, 0.3) is 0 Å². The smallest absolute Gasteiger partial charge is 0.244 e. The minimum absolute atomic E-state index is 0.0169. The topological polar surface area (TPSA) is 86.8 Å². The third-order valence-electron chi connectivity index (χ3n) is 6.13. The zero-order chi connectivity index (χ0) is 28.8. The number of nitrogens with one attached hydrogen (secondary N) is 1. The van der Waals surface area contributed by atoms with Gasteiger partial charge in [-0.25, -0.2) is 8.42 Å². The van der Waals surface area contributed by atoms with Crippen LogP contribution in [0.2, 0.25) is 10.0 Å². The van der Waals surface area contributed by atoms with Crippen LogP contribution in [0.4, 0.5) is 5.69 Å². The van der Waals surface area contributed by atoms with Gasteiger partial charge in [-0.05, 0) is 53.1 Å². The molecule has 1 atom stereocenters. The predicted octanol–water partition coefficient (Wildman–Crippen LogP) is 5.64. The van der Waals surface area contributed by atoms with Gasteiger partial charge in [0.2, 0.25) is 21.8 Å². The maximum Gasteiger partial charge on any atom is 0.244 e. The van der Waals surface area contributed by atoms with Crippen LogP contribution in [-0.4, -0.2) is 50.5 Å². The van der Waals surface area contributed by atoms with Crippen LogP contribution in [0.1, 0.15) is 59.1 Å². The fourth-order valence-electron chi connectivity index (χ4n) is 3.92. The highest BCUT2D eigenvalue weighted by molar-refractivity contribution is 7.92. The van der Waals surface area contributed by atoms with Crippen molar-refractivity contribution < 1.29 is 18.0 Å². The summed E-state index contributed by atoms with van der Waals surface area (Å²) < 4.78 is 26.7. The molecule has 0 saturated carbocycles. The molecule has 0 heterocycles. The predicted molar refractivity (Wildman–Crippen MR) is 156 cm³/mol. The van der Waals surface area contributed by atoms with E-state index in [1.807, 2.05) is 32.9 Å². The Bertz CT molecular complexity index is 1230. The van der Waals surface area contributed by atoms with E-state index in [0.29, 0.717) is 34.3 Å². The number of hydrogen-bond donors (Lipinski definition) is 1. The standard InChI is InChI=1S/C28H39Cl2N3O4S/c1-8-25(27(35)31-16-19(2)3)32(17-20-9-12-22(29)15-24(20)30)26(34)18-33(38(7,36)37)23-13-10-21(11-14-23)28(4,5)6/h9-15,19,25H,8,16-18H2,1-7H3,(H,31,35). The molecule has 0 aliphatic rings. The molecular weight excluding hydrogens is 545 g/mol. The summed E-state index contributed by atoms with van der Waals surface area (Å²) in [5.74, 6) is -0.601. The quantitative estimate of drug-likeness (QED) is 0.371.